The van der Waals surface area contributed by atoms with Crippen LogP contribution in [0.2, 0.25) is 5.02 Å². The van der Waals surface area contributed by atoms with Crippen LogP contribution in [0.5, 0.6) is 0 Å². The van der Waals surface area contributed by atoms with Crippen molar-refractivity contribution < 1.29 is 9.90 Å². The van der Waals surface area contributed by atoms with Gasteiger partial charge < -0.3 is 15.3 Å². The summed E-state index contributed by atoms with van der Waals surface area (Å²) in [5.74, 6) is -0.979. The zero-order valence-electron chi connectivity index (χ0n) is 11.2. The zero-order valence-corrected chi connectivity index (χ0v) is 12.0. The summed E-state index contributed by atoms with van der Waals surface area (Å²) in [5, 5.41) is 12.6. The molecule has 2 rings (SSSR count). The predicted molar refractivity (Wildman–Crippen MR) is 82.5 cm³/mol. The number of halogens is 1. The molecule has 0 bridgehead atoms. The van der Waals surface area contributed by atoms with E-state index in [4.69, 9.17) is 16.7 Å². The van der Waals surface area contributed by atoms with Crippen molar-refractivity contribution in [3.8, 4) is 0 Å². The normalized spacial score (nSPS) is 10.2. The molecule has 0 amide bonds. The third-order valence-electron chi connectivity index (χ3n) is 2.88. The Bertz CT molecular complexity index is 624. The van der Waals surface area contributed by atoms with Crippen LogP contribution in [0, 0.1) is 0 Å². The number of nitrogens with zero attached hydrogens (tertiary/aromatic N) is 1. The SMILES string of the molecule is CN(C)c1ccc(Nc2cc(C(=O)O)ccc2Cl)cc1. The van der Waals surface area contributed by atoms with Crippen molar-refractivity contribution in [3.63, 3.8) is 0 Å². The lowest BCUT2D eigenvalue weighted by Crippen LogP contribution is -2.08. The van der Waals surface area contributed by atoms with E-state index < -0.39 is 5.97 Å². The molecule has 2 aromatic carbocycles. The number of nitrogens with one attached hydrogen (secondary N) is 1. The highest BCUT2D eigenvalue weighted by atomic mass is 35.5. The molecule has 0 saturated carbocycles. The Morgan fingerprint density at radius 1 is 1.15 bits per heavy atom. The van der Waals surface area contributed by atoms with Crippen LogP contribution in [-0.4, -0.2) is 25.2 Å². The molecule has 0 atom stereocenters. The fourth-order valence-corrected chi connectivity index (χ4v) is 1.92. The highest BCUT2D eigenvalue weighted by Crippen LogP contribution is 2.27. The van der Waals surface area contributed by atoms with Crippen molar-refractivity contribution >= 4 is 34.6 Å². The van der Waals surface area contributed by atoms with Crippen LogP contribution in [0.25, 0.3) is 0 Å². The van der Waals surface area contributed by atoms with E-state index in [2.05, 4.69) is 5.32 Å². The van der Waals surface area contributed by atoms with E-state index in [1.165, 1.54) is 12.1 Å². The Kier molecular flexibility index (Phi) is 4.15. The Morgan fingerprint density at radius 3 is 2.35 bits per heavy atom. The van der Waals surface area contributed by atoms with Gasteiger partial charge in [-0.1, -0.05) is 11.6 Å². The first-order chi connectivity index (χ1) is 9.47. The number of aromatic carboxylic acids is 1. The van der Waals surface area contributed by atoms with Crippen molar-refractivity contribution in [1.29, 1.82) is 0 Å². The van der Waals surface area contributed by atoms with Crippen LogP contribution in [-0.2, 0) is 0 Å². The standard InChI is InChI=1S/C15H15ClN2O2/c1-18(2)12-6-4-11(5-7-12)17-14-9-10(15(19)20)3-8-13(14)16/h3-9,17H,1-2H3,(H,19,20). The lowest BCUT2D eigenvalue weighted by molar-refractivity contribution is 0.0697. The van der Waals surface area contributed by atoms with Gasteiger partial charge in [-0.15, -0.1) is 0 Å². The fraction of sp³-hybridized carbons (Fsp3) is 0.133. The molecule has 0 aromatic heterocycles. The van der Waals surface area contributed by atoms with Gasteiger partial charge in [-0.2, -0.15) is 0 Å². The molecule has 20 heavy (non-hydrogen) atoms. The smallest absolute Gasteiger partial charge is 0.335 e. The first kappa shape index (κ1) is 14.2. The Labute approximate surface area is 122 Å². The summed E-state index contributed by atoms with van der Waals surface area (Å²) >= 11 is 6.07. The predicted octanol–water partition coefficient (Wildman–Crippen LogP) is 3.85. The Balaban J connectivity index is 2.25. The minimum atomic E-state index is -0.979. The second-order valence-corrected chi connectivity index (χ2v) is 4.97. The molecule has 0 aliphatic rings. The van der Waals surface area contributed by atoms with Crippen LogP contribution in [0.1, 0.15) is 10.4 Å². The summed E-state index contributed by atoms with van der Waals surface area (Å²) < 4.78 is 0. The van der Waals surface area contributed by atoms with Crippen LogP contribution in [0.3, 0.4) is 0 Å². The van der Waals surface area contributed by atoms with Crippen LogP contribution < -0.4 is 10.2 Å². The first-order valence-electron chi connectivity index (χ1n) is 6.04. The fourth-order valence-electron chi connectivity index (χ4n) is 1.75. The lowest BCUT2D eigenvalue weighted by Gasteiger charge is -2.14. The van der Waals surface area contributed by atoms with Crippen molar-refractivity contribution in [2.24, 2.45) is 0 Å². The summed E-state index contributed by atoms with van der Waals surface area (Å²) in [7, 11) is 3.94. The Morgan fingerprint density at radius 2 is 1.80 bits per heavy atom. The van der Waals surface area contributed by atoms with E-state index >= 15 is 0 Å². The minimum absolute atomic E-state index is 0.196. The average Bonchev–Trinajstić information content (AvgIpc) is 2.41. The topological polar surface area (TPSA) is 52.6 Å². The van der Waals surface area contributed by atoms with Crippen molar-refractivity contribution in [2.75, 3.05) is 24.3 Å². The van der Waals surface area contributed by atoms with E-state index in [0.29, 0.717) is 10.7 Å². The van der Waals surface area contributed by atoms with Gasteiger partial charge in [0, 0.05) is 25.5 Å². The van der Waals surface area contributed by atoms with Crippen molar-refractivity contribution in [1.82, 2.24) is 0 Å². The number of rotatable bonds is 4. The molecule has 0 fully saturated rings. The van der Waals surface area contributed by atoms with Crippen LogP contribution in [0.15, 0.2) is 42.5 Å². The van der Waals surface area contributed by atoms with Gasteiger partial charge in [-0.25, -0.2) is 4.79 Å². The van der Waals surface area contributed by atoms with E-state index in [9.17, 15) is 4.79 Å². The van der Waals surface area contributed by atoms with Crippen molar-refractivity contribution in [3.05, 3.63) is 53.1 Å². The molecule has 2 aromatic rings. The average molecular weight is 291 g/mol. The molecule has 0 spiro atoms. The molecule has 0 aliphatic heterocycles. The van der Waals surface area contributed by atoms with E-state index in [1.54, 1.807) is 6.07 Å². The molecule has 104 valence electrons. The molecular weight excluding hydrogens is 276 g/mol. The van der Waals surface area contributed by atoms with Gasteiger partial charge in [0.25, 0.3) is 0 Å². The van der Waals surface area contributed by atoms with E-state index in [1.807, 2.05) is 43.3 Å². The maximum Gasteiger partial charge on any atom is 0.335 e. The molecule has 0 aliphatic carbocycles. The molecule has 4 nitrogen and oxygen atoms in total. The summed E-state index contributed by atoms with van der Waals surface area (Å²) in [5.41, 5.74) is 2.70. The number of hydrogen-bond donors (Lipinski definition) is 2. The molecular formula is C15H15ClN2O2. The summed E-state index contributed by atoms with van der Waals surface area (Å²) in [4.78, 5) is 13.0. The maximum atomic E-state index is 11.0. The third kappa shape index (κ3) is 3.22. The maximum absolute atomic E-state index is 11.0. The van der Waals surface area contributed by atoms with Crippen LogP contribution in [0.4, 0.5) is 17.1 Å². The number of benzene rings is 2. The monoisotopic (exact) mass is 290 g/mol. The summed E-state index contributed by atoms with van der Waals surface area (Å²) in [6.45, 7) is 0. The van der Waals surface area contributed by atoms with Crippen molar-refractivity contribution in [2.45, 2.75) is 0 Å². The summed E-state index contributed by atoms with van der Waals surface area (Å²) in [6.07, 6.45) is 0. The van der Waals surface area contributed by atoms with Gasteiger partial charge in [0.2, 0.25) is 0 Å². The van der Waals surface area contributed by atoms with Gasteiger partial charge in [0.1, 0.15) is 0 Å². The van der Waals surface area contributed by atoms with Gasteiger partial charge in [-0.05, 0) is 42.5 Å². The van der Waals surface area contributed by atoms with Gasteiger partial charge in [-0.3, -0.25) is 0 Å². The zero-order chi connectivity index (χ0) is 14.7. The molecule has 0 saturated heterocycles. The Hall–Kier alpha value is -2.20. The molecule has 0 radical (unpaired) electrons. The second-order valence-electron chi connectivity index (χ2n) is 4.57. The molecule has 0 heterocycles. The van der Waals surface area contributed by atoms with Gasteiger partial charge in [0.15, 0.2) is 0 Å². The number of carbonyl (C=O) groups is 1. The highest BCUT2D eigenvalue weighted by molar-refractivity contribution is 6.33. The second kappa shape index (κ2) is 5.84. The van der Waals surface area contributed by atoms with Gasteiger partial charge in [0.05, 0.1) is 16.3 Å². The summed E-state index contributed by atoms with van der Waals surface area (Å²) in [6, 6.07) is 12.3. The third-order valence-corrected chi connectivity index (χ3v) is 3.21. The quantitative estimate of drug-likeness (QED) is 0.898. The minimum Gasteiger partial charge on any atom is -0.478 e. The van der Waals surface area contributed by atoms with E-state index in [-0.39, 0.29) is 5.56 Å². The first-order valence-corrected chi connectivity index (χ1v) is 6.42. The van der Waals surface area contributed by atoms with Gasteiger partial charge >= 0.3 is 5.97 Å². The molecule has 2 N–H and O–H groups in total. The number of carboxylic acid groups (broad SMARTS) is 1. The lowest BCUT2D eigenvalue weighted by atomic mass is 10.2. The largest absolute Gasteiger partial charge is 0.478 e. The van der Waals surface area contributed by atoms with E-state index in [0.717, 1.165) is 11.4 Å². The number of carboxylic acids is 1. The highest BCUT2D eigenvalue weighted by Gasteiger charge is 2.07. The van der Waals surface area contributed by atoms with Crippen LogP contribution >= 0.6 is 11.6 Å². The number of anilines is 3. The number of hydrogen-bond acceptors (Lipinski definition) is 3. The molecule has 0 unspecified atom stereocenters. The molecule has 5 heteroatoms.